The molecule has 154 valence electrons. The van der Waals surface area contributed by atoms with Gasteiger partial charge >= 0.3 is 5.97 Å². The first-order chi connectivity index (χ1) is 13.5. The molecule has 1 aliphatic rings. The summed E-state index contributed by atoms with van der Waals surface area (Å²) in [4.78, 5) is 37.8. The highest BCUT2D eigenvalue weighted by atomic mass is 16.6. The van der Waals surface area contributed by atoms with Crippen LogP contribution in [0.25, 0.3) is 0 Å². The van der Waals surface area contributed by atoms with Crippen LogP contribution in [0.2, 0.25) is 0 Å². The fourth-order valence-corrected chi connectivity index (χ4v) is 3.67. The molecule has 1 aromatic carbocycles. The van der Waals surface area contributed by atoms with Gasteiger partial charge in [-0.15, -0.1) is 0 Å². The van der Waals surface area contributed by atoms with Crippen LogP contribution in [0.1, 0.15) is 78.6 Å². The molecule has 0 saturated heterocycles. The Hall–Kier alpha value is -2.17. The molecule has 1 fully saturated rings. The number of para-hydroxylation sites is 2. The lowest BCUT2D eigenvalue weighted by atomic mass is 9.69. The number of Topliss-reactive ketones (excluding diaryl/α,β-unsaturated/α-hetero) is 2. The van der Waals surface area contributed by atoms with E-state index in [1.165, 1.54) is 0 Å². The summed E-state index contributed by atoms with van der Waals surface area (Å²) in [6.45, 7) is 5.88. The van der Waals surface area contributed by atoms with Crippen molar-refractivity contribution in [3.05, 3.63) is 24.3 Å². The fourth-order valence-electron chi connectivity index (χ4n) is 3.67. The molecule has 0 bridgehead atoms. The van der Waals surface area contributed by atoms with Crippen molar-refractivity contribution in [3.8, 4) is 11.5 Å². The molecule has 1 unspecified atom stereocenters. The lowest BCUT2D eigenvalue weighted by Crippen LogP contribution is -2.44. The molecule has 28 heavy (non-hydrogen) atoms. The molecular formula is C23H32O5. The van der Waals surface area contributed by atoms with Crippen molar-refractivity contribution in [2.45, 2.75) is 84.7 Å². The van der Waals surface area contributed by atoms with E-state index >= 15 is 0 Å². The number of hydrogen-bond acceptors (Lipinski definition) is 5. The lowest BCUT2D eigenvalue weighted by Gasteiger charge is -2.33. The van der Waals surface area contributed by atoms with Crippen molar-refractivity contribution in [2.24, 2.45) is 5.41 Å². The van der Waals surface area contributed by atoms with Crippen molar-refractivity contribution in [2.75, 3.05) is 0 Å². The molecule has 1 atom stereocenters. The van der Waals surface area contributed by atoms with Gasteiger partial charge in [-0.25, -0.2) is 0 Å². The zero-order valence-electron chi connectivity index (χ0n) is 17.3. The molecule has 0 aromatic heterocycles. The summed E-state index contributed by atoms with van der Waals surface area (Å²) in [5, 5.41) is 0. The van der Waals surface area contributed by atoms with Crippen LogP contribution in [0.15, 0.2) is 24.3 Å². The van der Waals surface area contributed by atoms with Gasteiger partial charge in [0, 0.05) is 19.3 Å². The smallest absolute Gasteiger partial charge is 0.325 e. The first-order valence-electron chi connectivity index (χ1n) is 10.5. The molecule has 5 heteroatoms. The molecule has 0 amide bonds. The summed E-state index contributed by atoms with van der Waals surface area (Å²) >= 11 is 0. The lowest BCUT2D eigenvalue weighted by molar-refractivity contribution is -0.155. The number of rotatable bonds is 10. The maximum atomic E-state index is 13.2. The molecule has 1 aliphatic carbocycles. The van der Waals surface area contributed by atoms with Crippen molar-refractivity contribution < 1.29 is 23.9 Å². The first kappa shape index (κ1) is 22.1. The number of ketones is 2. The van der Waals surface area contributed by atoms with Crippen LogP contribution in [-0.2, 0) is 14.4 Å². The number of carbonyl (C=O) groups is 3. The number of carbonyl (C=O) groups excluding carboxylic acids is 3. The minimum Gasteiger partial charge on any atom is -0.487 e. The summed E-state index contributed by atoms with van der Waals surface area (Å²) < 4.78 is 11.7. The second-order valence-corrected chi connectivity index (χ2v) is 7.50. The average molecular weight is 389 g/mol. The highest BCUT2D eigenvalue weighted by molar-refractivity contribution is 6.05. The van der Waals surface area contributed by atoms with Crippen LogP contribution in [0.4, 0.5) is 0 Å². The number of esters is 1. The Kier molecular flexibility index (Phi) is 8.21. The third-order valence-corrected chi connectivity index (χ3v) is 5.66. The normalized spacial score (nSPS) is 19.5. The molecule has 0 N–H and O–H groups in total. The predicted molar refractivity (Wildman–Crippen MR) is 108 cm³/mol. The monoisotopic (exact) mass is 388 g/mol. The zero-order valence-corrected chi connectivity index (χ0v) is 17.3. The van der Waals surface area contributed by atoms with E-state index in [1.54, 1.807) is 25.1 Å². The van der Waals surface area contributed by atoms with Crippen molar-refractivity contribution in [1.82, 2.24) is 0 Å². The Bertz CT molecular complexity index is 692. The van der Waals surface area contributed by atoms with E-state index in [9.17, 15) is 14.4 Å². The molecule has 1 saturated carbocycles. The van der Waals surface area contributed by atoms with Crippen LogP contribution < -0.4 is 9.47 Å². The quantitative estimate of drug-likeness (QED) is 0.319. The second-order valence-electron chi connectivity index (χ2n) is 7.50. The van der Waals surface area contributed by atoms with Crippen molar-refractivity contribution in [1.29, 1.82) is 0 Å². The molecule has 0 spiro atoms. The largest absolute Gasteiger partial charge is 0.487 e. The number of benzene rings is 1. The molecule has 5 nitrogen and oxygen atoms in total. The van der Waals surface area contributed by atoms with Crippen molar-refractivity contribution >= 4 is 17.5 Å². The van der Waals surface area contributed by atoms with E-state index in [-0.39, 0.29) is 30.5 Å². The Morgan fingerprint density at radius 3 is 2.36 bits per heavy atom. The van der Waals surface area contributed by atoms with Gasteiger partial charge in [0.2, 0.25) is 0 Å². The summed E-state index contributed by atoms with van der Waals surface area (Å²) in [5.74, 6) is 0.238. The number of ether oxygens (including phenoxy) is 2. The van der Waals surface area contributed by atoms with Crippen LogP contribution in [0.5, 0.6) is 11.5 Å². The van der Waals surface area contributed by atoms with Gasteiger partial charge in [-0.1, -0.05) is 39.3 Å². The SMILES string of the molecule is CCC(=O)CCC1(C(=O)Oc2ccccc2OC(CC)CC)CCCCC1=O. The van der Waals surface area contributed by atoms with Crippen LogP contribution in [0.3, 0.4) is 0 Å². The maximum Gasteiger partial charge on any atom is 0.325 e. The van der Waals surface area contributed by atoms with Gasteiger partial charge in [0.1, 0.15) is 17.0 Å². The van der Waals surface area contributed by atoms with Gasteiger partial charge in [-0.2, -0.15) is 0 Å². The van der Waals surface area contributed by atoms with Gasteiger partial charge in [0.15, 0.2) is 11.5 Å². The van der Waals surface area contributed by atoms with Gasteiger partial charge < -0.3 is 9.47 Å². The molecule has 1 aromatic rings. The topological polar surface area (TPSA) is 69.7 Å². The van der Waals surface area contributed by atoms with E-state index in [4.69, 9.17) is 9.47 Å². The van der Waals surface area contributed by atoms with Crippen LogP contribution >= 0.6 is 0 Å². The zero-order chi connectivity index (χ0) is 20.6. The standard InChI is InChI=1S/C23H32O5/c1-4-17(24)14-16-23(15-10-9-13-21(23)25)22(26)28-20-12-8-7-11-19(20)27-18(5-2)6-3/h7-8,11-12,18H,4-6,9-10,13-16H2,1-3H3. The Balaban J connectivity index is 2.24. The summed E-state index contributed by atoms with van der Waals surface area (Å²) in [7, 11) is 0. The highest BCUT2D eigenvalue weighted by Crippen LogP contribution is 2.40. The summed E-state index contributed by atoms with van der Waals surface area (Å²) in [5.41, 5.74) is -1.22. The molecular weight excluding hydrogens is 356 g/mol. The van der Waals surface area contributed by atoms with Gasteiger partial charge in [-0.3, -0.25) is 14.4 Å². The van der Waals surface area contributed by atoms with Crippen LogP contribution in [0, 0.1) is 5.41 Å². The first-order valence-corrected chi connectivity index (χ1v) is 10.5. The van der Waals surface area contributed by atoms with E-state index in [2.05, 4.69) is 0 Å². The molecule has 2 rings (SSSR count). The van der Waals surface area contributed by atoms with Crippen LogP contribution in [-0.4, -0.2) is 23.6 Å². The van der Waals surface area contributed by atoms with Gasteiger partial charge in [0.05, 0.1) is 6.10 Å². The number of hydrogen-bond donors (Lipinski definition) is 0. The van der Waals surface area contributed by atoms with Crippen molar-refractivity contribution in [3.63, 3.8) is 0 Å². The Morgan fingerprint density at radius 2 is 1.75 bits per heavy atom. The van der Waals surface area contributed by atoms with E-state index in [0.717, 1.165) is 25.7 Å². The molecule has 0 radical (unpaired) electrons. The third kappa shape index (κ3) is 5.21. The van der Waals surface area contributed by atoms with Gasteiger partial charge in [-0.05, 0) is 44.2 Å². The summed E-state index contributed by atoms with van der Waals surface area (Å²) in [6, 6.07) is 7.07. The maximum absolute atomic E-state index is 13.2. The third-order valence-electron chi connectivity index (χ3n) is 5.66. The Morgan fingerprint density at radius 1 is 1.07 bits per heavy atom. The molecule has 0 aliphatic heterocycles. The molecule has 0 heterocycles. The average Bonchev–Trinajstić information content (AvgIpc) is 2.72. The predicted octanol–water partition coefficient (Wildman–Crippen LogP) is 5.05. The minimum atomic E-state index is -1.22. The fraction of sp³-hybridized carbons (Fsp3) is 0.609. The van der Waals surface area contributed by atoms with E-state index in [0.29, 0.717) is 30.8 Å². The Labute approximate surface area is 167 Å². The minimum absolute atomic E-state index is 0.0345. The summed E-state index contributed by atoms with van der Waals surface area (Å²) in [6.07, 6.45) is 4.96. The second kappa shape index (κ2) is 10.4. The highest BCUT2D eigenvalue weighted by Gasteiger charge is 2.48. The van der Waals surface area contributed by atoms with E-state index in [1.807, 2.05) is 19.9 Å². The van der Waals surface area contributed by atoms with Gasteiger partial charge in [0.25, 0.3) is 0 Å². The van der Waals surface area contributed by atoms with E-state index < -0.39 is 11.4 Å².